The minimum atomic E-state index is -0.170. The van der Waals surface area contributed by atoms with Gasteiger partial charge >= 0.3 is 0 Å². The normalized spacial score (nSPS) is 16.4. The standard InChI is InChI=1S/C14H20ClN3O/c1-9(18(2)11-4-5-11)8-17-14(19)12-7-10(15)3-6-13(12)16/h3,6-7,9,11H,4-5,8,16H2,1-2H3,(H,17,19). The predicted octanol–water partition coefficient (Wildman–Crippen LogP) is 2.13. The van der Waals surface area contributed by atoms with Crippen molar-refractivity contribution >= 4 is 23.2 Å². The smallest absolute Gasteiger partial charge is 0.253 e. The first-order valence-corrected chi connectivity index (χ1v) is 6.92. The fourth-order valence-corrected chi connectivity index (χ4v) is 2.22. The van der Waals surface area contributed by atoms with E-state index in [2.05, 4.69) is 24.2 Å². The largest absolute Gasteiger partial charge is 0.398 e. The van der Waals surface area contributed by atoms with E-state index in [1.54, 1.807) is 18.2 Å². The molecule has 4 nitrogen and oxygen atoms in total. The Morgan fingerprint density at radius 3 is 2.89 bits per heavy atom. The number of nitrogens with one attached hydrogen (secondary N) is 1. The molecule has 1 aliphatic carbocycles. The van der Waals surface area contributed by atoms with E-state index in [-0.39, 0.29) is 5.91 Å². The van der Waals surface area contributed by atoms with Crippen LogP contribution in [0.4, 0.5) is 5.69 Å². The topological polar surface area (TPSA) is 58.4 Å². The SMILES string of the molecule is CC(CNC(=O)c1cc(Cl)ccc1N)N(C)C1CC1. The van der Waals surface area contributed by atoms with E-state index in [1.807, 2.05) is 0 Å². The second-order valence-electron chi connectivity index (χ2n) is 5.19. The summed E-state index contributed by atoms with van der Waals surface area (Å²) in [5, 5.41) is 3.43. The Morgan fingerprint density at radius 2 is 2.26 bits per heavy atom. The molecule has 0 aromatic heterocycles. The zero-order valence-corrected chi connectivity index (χ0v) is 12.1. The Labute approximate surface area is 118 Å². The number of halogens is 1. The van der Waals surface area contributed by atoms with E-state index in [0.29, 0.717) is 34.9 Å². The molecule has 104 valence electrons. The first kappa shape index (κ1) is 14.2. The summed E-state index contributed by atoms with van der Waals surface area (Å²) < 4.78 is 0. The van der Waals surface area contributed by atoms with E-state index in [9.17, 15) is 4.79 Å². The lowest BCUT2D eigenvalue weighted by molar-refractivity contribution is 0.0940. The number of nitrogens with zero attached hydrogens (tertiary/aromatic N) is 1. The Hall–Kier alpha value is -1.26. The van der Waals surface area contributed by atoms with Crippen molar-refractivity contribution in [3.8, 4) is 0 Å². The van der Waals surface area contributed by atoms with Crippen molar-refractivity contribution in [2.75, 3.05) is 19.3 Å². The molecule has 1 saturated carbocycles. The van der Waals surface area contributed by atoms with Crippen molar-refractivity contribution < 1.29 is 4.79 Å². The highest BCUT2D eigenvalue weighted by Gasteiger charge is 2.29. The number of nitrogens with two attached hydrogens (primary N) is 1. The summed E-state index contributed by atoms with van der Waals surface area (Å²) in [5.74, 6) is -0.170. The van der Waals surface area contributed by atoms with Crippen LogP contribution < -0.4 is 11.1 Å². The molecule has 0 bridgehead atoms. The minimum Gasteiger partial charge on any atom is -0.398 e. The number of nitrogen functional groups attached to an aromatic ring is 1. The summed E-state index contributed by atoms with van der Waals surface area (Å²) in [7, 11) is 2.10. The van der Waals surface area contributed by atoms with Crippen LogP contribution in [0.3, 0.4) is 0 Å². The van der Waals surface area contributed by atoms with Crippen molar-refractivity contribution in [2.45, 2.75) is 31.8 Å². The first-order chi connectivity index (χ1) is 8.99. The molecule has 1 fully saturated rings. The lowest BCUT2D eigenvalue weighted by atomic mass is 10.1. The molecular formula is C14H20ClN3O. The second-order valence-corrected chi connectivity index (χ2v) is 5.62. The van der Waals surface area contributed by atoms with Crippen molar-refractivity contribution in [2.24, 2.45) is 0 Å². The predicted molar refractivity (Wildman–Crippen MR) is 78.4 cm³/mol. The fourth-order valence-electron chi connectivity index (χ4n) is 2.05. The fraction of sp³-hybridized carbons (Fsp3) is 0.500. The summed E-state index contributed by atoms with van der Waals surface area (Å²) in [4.78, 5) is 14.4. The van der Waals surface area contributed by atoms with Gasteiger partial charge in [-0.25, -0.2) is 0 Å². The van der Waals surface area contributed by atoms with Crippen LogP contribution in [0.2, 0.25) is 5.02 Å². The average Bonchev–Trinajstić information content (AvgIpc) is 3.21. The van der Waals surface area contributed by atoms with Crippen molar-refractivity contribution in [1.82, 2.24) is 10.2 Å². The van der Waals surface area contributed by atoms with E-state index in [0.717, 1.165) is 0 Å². The van der Waals surface area contributed by atoms with Gasteiger partial charge in [0.15, 0.2) is 0 Å². The molecule has 5 heteroatoms. The van der Waals surface area contributed by atoms with Gasteiger partial charge in [-0.2, -0.15) is 0 Å². The molecule has 3 N–H and O–H groups in total. The molecular weight excluding hydrogens is 262 g/mol. The highest BCUT2D eigenvalue weighted by molar-refractivity contribution is 6.31. The van der Waals surface area contributed by atoms with E-state index >= 15 is 0 Å². The van der Waals surface area contributed by atoms with Crippen LogP contribution >= 0.6 is 11.6 Å². The van der Waals surface area contributed by atoms with E-state index in [1.165, 1.54) is 12.8 Å². The summed E-state index contributed by atoms with van der Waals surface area (Å²) >= 11 is 5.88. The first-order valence-electron chi connectivity index (χ1n) is 6.54. The molecule has 0 saturated heterocycles. The summed E-state index contributed by atoms with van der Waals surface area (Å²) in [6.07, 6.45) is 2.52. The minimum absolute atomic E-state index is 0.170. The van der Waals surface area contributed by atoms with Gasteiger partial charge < -0.3 is 11.1 Å². The van der Waals surface area contributed by atoms with Crippen LogP contribution in [-0.4, -0.2) is 36.5 Å². The number of rotatable bonds is 5. The number of carbonyl (C=O) groups is 1. The van der Waals surface area contributed by atoms with Gasteiger partial charge in [0.05, 0.1) is 5.56 Å². The number of likely N-dealkylation sites (N-methyl/N-ethyl adjacent to an activating group) is 1. The summed E-state index contributed by atoms with van der Waals surface area (Å²) in [6, 6.07) is 5.93. The van der Waals surface area contributed by atoms with Crippen LogP contribution in [0.15, 0.2) is 18.2 Å². The van der Waals surface area contributed by atoms with Gasteiger partial charge in [-0.15, -0.1) is 0 Å². The van der Waals surface area contributed by atoms with E-state index in [4.69, 9.17) is 17.3 Å². The average molecular weight is 282 g/mol. The third-order valence-electron chi connectivity index (χ3n) is 3.64. The molecule has 1 aromatic rings. The van der Waals surface area contributed by atoms with Gasteiger partial charge in [-0.05, 0) is 45.0 Å². The molecule has 0 spiro atoms. The van der Waals surface area contributed by atoms with Crippen LogP contribution in [-0.2, 0) is 0 Å². The zero-order chi connectivity index (χ0) is 14.0. The maximum atomic E-state index is 12.1. The number of amides is 1. The molecule has 0 radical (unpaired) electrons. The Balaban J connectivity index is 1.91. The van der Waals surface area contributed by atoms with Gasteiger partial charge in [0.25, 0.3) is 5.91 Å². The van der Waals surface area contributed by atoms with Gasteiger partial charge in [-0.1, -0.05) is 11.6 Å². The van der Waals surface area contributed by atoms with Crippen LogP contribution in [0.5, 0.6) is 0 Å². The summed E-state index contributed by atoms with van der Waals surface area (Å²) in [5.41, 5.74) is 6.67. The third-order valence-corrected chi connectivity index (χ3v) is 3.87. The number of anilines is 1. The molecule has 19 heavy (non-hydrogen) atoms. The number of benzene rings is 1. The Kier molecular flexibility index (Phi) is 4.32. The molecule has 0 heterocycles. The van der Waals surface area contributed by atoms with Crippen molar-refractivity contribution in [3.63, 3.8) is 0 Å². The molecule has 1 atom stereocenters. The molecule has 1 amide bonds. The molecule has 2 rings (SSSR count). The monoisotopic (exact) mass is 281 g/mol. The number of carbonyl (C=O) groups excluding carboxylic acids is 1. The number of hydrogen-bond acceptors (Lipinski definition) is 3. The maximum Gasteiger partial charge on any atom is 0.253 e. The molecule has 1 aliphatic rings. The Bertz CT molecular complexity index is 474. The van der Waals surface area contributed by atoms with Crippen LogP contribution in [0.25, 0.3) is 0 Å². The lowest BCUT2D eigenvalue weighted by Crippen LogP contribution is -2.41. The van der Waals surface area contributed by atoms with Gasteiger partial charge in [-0.3, -0.25) is 9.69 Å². The third kappa shape index (κ3) is 3.61. The number of hydrogen-bond donors (Lipinski definition) is 2. The van der Waals surface area contributed by atoms with Crippen LogP contribution in [0.1, 0.15) is 30.1 Å². The van der Waals surface area contributed by atoms with E-state index < -0.39 is 0 Å². The summed E-state index contributed by atoms with van der Waals surface area (Å²) in [6.45, 7) is 2.72. The highest BCUT2D eigenvalue weighted by Crippen LogP contribution is 2.26. The lowest BCUT2D eigenvalue weighted by Gasteiger charge is -2.24. The highest BCUT2D eigenvalue weighted by atomic mass is 35.5. The van der Waals surface area contributed by atoms with Crippen molar-refractivity contribution in [1.29, 1.82) is 0 Å². The second kappa shape index (κ2) is 5.80. The molecule has 0 aliphatic heterocycles. The van der Waals surface area contributed by atoms with Crippen molar-refractivity contribution in [3.05, 3.63) is 28.8 Å². The zero-order valence-electron chi connectivity index (χ0n) is 11.3. The molecule has 1 unspecified atom stereocenters. The molecule has 1 aromatic carbocycles. The Morgan fingerprint density at radius 1 is 1.58 bits per heavy atom. The van der Waals surface area contributed by atoms with Gasteiger partial charge in [0.2, 0.25) is 0 Å². The van der Waals surface area contributed by atoms with Gasteiger partial charge in [0, 0.05) is 29.3 Å². The maximum absolute atomic E-state index is 12.1. The van der Waals surface area contributed by atoms with Crippen LogP contribution in [0, 0.1) is 0 Å². The quantitative estimate of drug-likeness (QED) is 0.813. The van der Waals surface area contributed by atoms with Gasteiger partial charge in [0.1, 0.15) is 0 Å².